The number of fused-ring (bicyclic) bond motifs is 1. The molecule has 2 aliphatic rings. The second-order valence-corrected chi connectivity index (χ2v) is 7.73. The topological polar surface area (TPSA) is 48.5 Å². The number of hydrogen-bond donors (Lipinski definition) is 2. The number of hydrogen-bond acceptors (Lipinski definition) is 4. The van der Waals surface area contributed by atoms with Gasteiger partial charge in [-0.2, -0.15) is 0 Å². The van der Waals surface area contributed by atoms with Gasteiger partial charge in [0.1, 0.15) is 5.03 Å². The molecular weight excluding hydrogens is 356 g/mol. The normalized spacial score (nSPS) is 19.9. The molecule has 1 saturated heterocycles. The number of carbonyl (C=O) groups is 1. The maximum absolute atomic E-state index is 13.0. The Morgan fingerprint density at radius 1 is 1.19 bits per heavy atom. The number of aryl methyl sites for hydroxylation is 1. The third-order valence-corrected chi connectivity index (χ3v) is 5.72. The molecule has 2 aromatic rings. The molecule has 6 heteroatoms. The molecule has 0 saturated carbocycles. The van der Waals surface area contributed by atoms with E-state index < -0.39 is 0 Å². The summed E-state index contributed by atoms with van der Waals surface area (Å²) in [6, 6.07) is 9.64. The van der Waals surface area contributed by atoms with Crippen LogP contribution < -0.4 is 10.2 Å². The van der Waals surface area contributed by atoms with Gasteiger partial charge in [0.15, 0.2) is 0 Å². The zero-order chi connectivity index (χ0) is 19.0. The number of likely N-dealkylation sites (tertiary alicyclic amines) is 1. The van der Waals surface area contributed by atoms with Gasteiger partial charge >= 0.3 is 6.03 Å². The van der Waals surface area contributed by atoms with Gasteiger partial charge in [0, 0.05) is 6.20 Å². The maximum Gasteiger partial charge on any atom is 0.330 e. The van der Waals surface area contributed by atoms with E-state index in [2.05, 4.69) is 41.0 Å². The summed E-state index contributed by atoms with van der Waals surface area (Å²) in [6.45, 7) is 4.16. The summed E-state index contributed by atoms with van der Waals surface area (Å²) in [5, 5.41) is 3.72. The average molecular weight is 381 g/mol. The predicted molar refractivity (Wildman–Crippen MR) is 112 cm³/mol. The Balaban J connectivity index is 1.78. The van der Waals surface area contributed by atoms with Gasteiger partial charge < -0.3 is 10.2 Å². The molecule has 1 fully saturated rings. The number of para-hydroxylation sites is 1. The van der Waals surface area contributed by atoms with E-state index >= 15 is 0 Å². The highest BCUT2D eigenvalue weighted by Gasteiger charge is 2.31. The fraction of sp³-hybridized carbons (Fsp3) is 0.333. The highest BCUT2D eigenvalue weighted by molar-refractivity contribution is 7.80. The average Bonchev–Trinajstić information content (AvgIpc) is 2.65. The van der Waals surface area contributed by atoms with Gasteiger partial charge in [-0.3, -0.25) is 4.90 Å². The van der Waals surface area contributed by atoms with Gasteiger partial charge in [0.2, 0.25) is 0 Å². The summed E-state index contributed by atoms with van der Waals surface area (Å²) in [4.78, 5) is 21.5. The molecule has 140 valence electrons. The molecule has 2 amide bonds. The van der Waals surface area contributed by atoms with Crippen molar-refractivity contribution >= 4 is 35.7 Å². The number of piperidine rings is 1. The standard InChI is InChI=1S/C21H24N4OS/c1-14-5-3-4-6-17(14)25-18-7-10-22-20(27)19(18)16(23-21(25)26)13-15-8-11-24(2)12-9-15/h3-7,10,13,15H,8-9,11-12H2,1-2H3,(H,22,27)(H,23,26)/b16-13-. The first-order valence-electron chi connectivity index (χ1n) is 9.30. The number of urea groups is 1. The van der Waals surface area contributed by atoms with Crippen molar-refractivity contribution in [2.75, 3.05) is 25.0 Å². The lowest BCUT2D eigenvalue weighted by molar-refractivity contribution is 0.243. The van der Waals surface area contributed by atoms with Crippen molar-refractivity contribution in [2.24, 2.45) is 5.92 Å². The van der Waals surface area contributed by atoms with Crippen LogP contribution >= 0.6 is 12.6 Å². The van der Waals surface area contributed by atoms with E-state index in [0.29, 0.717) is 10.9 Å². The van der Waals surface area contributed by atoms with Crippen LogP contribution in [0.15, 0.2) is 47.6 Å². The van der Waals surface area contributed by atoms with Crippen LogP contribution in [0.1, 0.15) is 24.0 Å². The summed E-state index contributed by atoms with van der Waals surface area (Å²) >= 11 is 4.60. The number of anilines is 2. The molecule has 4 rings (SSSR count). The van der Waals surface area contributed by atoms with Crippen molar-refractivity contribution in [1.29, 1.82) is 0 Å². The Hall–Kier alpha value is -2.31. The Kier molecular flexibility index (Phi) is 4.93. The Morgan fingerprint density at radius 3 is 2.67 bits per heavy atom. The van der Waals surface area contributed by atoms with E-state index in [4.69, 9.17) is 0 Å². The SMILES string of the molecule is Cc1ccccc1N1C(=O)N/C(=C\C2CCN(C)CC2)c2c1ccnc2S. The summed E-state index contributed by atoms with van der Waals surface area (Å²) in [5.41, 5.74) is 4.45. The smallest absolute Gasteiger partial charge is 0.307 e. The van der Waals surface area contributed by atoms with Crippen molar-refractivity contribution < 1.29 is 4.79 Å². The molecule has 0 aliphatic carbocycles. The summed E-state index contributed by atoms with van der Waals surface area (Å²) in [7, 11) is 2.15. The van der Waals surface area contributed by atoms with Gasteiger partial charge in [-0.1, -0.05) is 24.3 Å². The van der Waals surface area contributed by atoms with E-state index in [9.17, 15) is 4.79 Å². The van der Waals surface area contributed by atoms with Crippen LogP contribution in [-0.4, -0.2) is 36.1 Å². The molecule has 2 aliphatic heterocycles. The Labute approximate surface area is 165 Å². The number of rotatable bonds is 2. The van der Waals surface area contributed by atoms with Crippen LogP contribution in [0.4, 0.5) is 16.2 Å². The first-order valence-corrected chi connectivity index (χ1v) is 9.75. The predicted octanol–water partition coefficient (Wildman–Crippen LogP) is 4.22. The molecular formula is C21H24N4OS. The first kappa shape index (κ1) is 18.1. The molecule has 0 spiro atoms. The fourth-order valence-electron chi connectivity index (χ4n) is 3.84. The number of allylic oxidation sites excluding steroid dienone is 1. The lowest BCUT2D eigenvalue weighted by atomic mass is 9.94. The summed E-state index contributed by atoms with van der Waals surface area (Å²) in [6.07, 6.45) is 6.09. The minimum atomic E-state index is -0.144. The van der Waals surface area contributed by atoms with Crippen LogP contribution in [0.3, 0.4) is 0 Å². The Morgan fingerprint density at radius 2 is 1.93 bits per heavy atom. The fourth-order valence-corrected chi connectivity index (χ4v) is 4.14. The minimum Gasteiger partial charge on any atom is -0.307 e. The number of pyridine rings is 1. The monoisotopic (exact) mass is 380 g/mol. The van der Waals surface area contributed by atoms with Crippen LogP contribution in [0, 0.1) is 12.8 Å². The lowest BCUT2D eigenvalue weighted by Gasteiger charge is -2.34. The van der Waals surface area contributed by atoms with E-state index in [1.807, 2.05) is 37.3 Å². The van der Waals surface area contributed by atoms with Crippen LogP contribution in [0.25, 0.3) is 5.70 Å². The number of amides is 2. The molecule has 1 aromatic heterocycles. The first-order chi connectivity index (χ1) is 13.0. The molecule has 27 heavy (non-hydrogen) atoms. The highest BCUT2D eigenvalue weighted by atomic mass is 32.1. The van der Waals surface area contributed by atoms with E-state index in [1.54, 1.807) is 11.1 Å². The number of aromatic nitrogens is 1. The third-order valence-electron chi connectivity index (χ3n) is 5.39. The molecule has 1 N–H and O–H groups in total. The summed E-state index contributed by atoms with van der Waals surface area (Å²) in [5.74, 6) is 0.447. The molecule has 0 bridgehead atoms. The number of nitrogens with zero attached hydrogens (tertiary/aromatic N) is 3. The van der Waals surface area contributed by atoms with Crippen molar-refractivity contribution in [1.82, 2.24) is 15.2 Å². The van der Waals surface area contributed by atoms with Crippen LogP contribution in [0.2, 0.25) is 0 Å². The second-order valence-electron chi connectivity index (χ2n) is 7.30. The summed E-state index contributed by atoms with van der Waals surface area (Å²) < 4.78 is 0. The van der Waals surface area contributed by atoms with E-state index in [1.165, 1.54) is 0 Å². The number of thiol groups is 1. The third kappa shape index (κ3) is 3.47. The molecule has 5 nitrogen and oxygen atoms in total. The lowest BCUT2D eigenvalue weighted by Crippen LogP contribution is -2.41. The van der Waals surface area contributed by atoms with Crippen molar-refractivity contribution in [3.63, 3.8) is 0 Å². The molecule has 1 aromatic carbocycles. The quantitative estimate of drug-likeness (QED) is 0.767. The van der Waals surface area contributed by atoms with E-state index in [0.717, 1.165) is 54.1 Å². The highest BCUT2D eigenvalue weighted by Crippen LogP contribution is 2.40. The molecule has 0 atom stereocenters. The van der Waals surface area contributed by atoms with Gasteiger partial charge in [0.25, 0.3) is 0 Å². The van der Waals surface area contributed by atoms with Crippen LogP contribution in [0.5, 0.6) is 0 Å². The van der Waals surface area contributed by atoms with Crippen molar-refractivity contribution in [3.8, 4) is 0 Å². The second kappa shape index (κ2) is 7.37. The van der Waals surface area contributed by atoms with Crippen molar-refractivity contribution in [3.05, 3.63) is 53.7 Å². The van der Waals surface area contributed by atoms with Gasteiger partial charge in [-0.15, -0.1) is 12.6 Å². The number of benzene rings is 1. The van der Waals surface area contributed by atoms with Crippen molar-refractivity contribution in [2.45, 2.75) is 24.8 Å². The van der Waals surface area contributed by atoms with Gasteiger partial charge in [-0.05, 0) is 63.5 Å². The number of carbonyl (C=O) groups excluding carboxylic acids is 1. The number of nitrogens with one attached hydrogen (secondary N) is 1. The molecule has 3 heterocycles. The zero-order valence-corrected chi connectivity index (χ0v) is 16.5. The minimum absolute atomic E-state index is 0.144. The largest absolute Gasteiger partial charge is 0.330 e. The van der Waals surface area contributed by atoms with Crippen LogP contribution in [-0.2, 0) is 0 Å². The molecule has 0 radical (unpaired) electrons. The van der Waals surface area contributed by atoms with E-state index in [-0.39, 0.29) is 6.03 Å². The zero-order valence-electron chi connectivity index (χ0n) is 15.6. The maximum atomic E-state index is 13.0. The Bertz CT molecular complexity index is 903. The molecule has 0 unspecified atom stereocenters. The van der Waals surface area contributed by atoms with Gasteiger partial charge in [-0.25, -0.2) is 9.78 Å². The van der Waals surface area contributed by atoms with Gasteiger partial charge in [0.05, 0.1) is 22.6 Å².